The van der Waals surface area contributed by atoms with Gasteiger partial charge in [0.05, 0.1) is 5.75 Å². The van der Waals surface area contributed by atoms with Gasteiger partial charge in [0.15, 0.2) is 0 Å². The van der Waals surface area contributed by atoms with Crippen LogP contribution >= 0.6 is 27.7 Å². The van der Waals surface area contributed by atoms with E-state index in [4.69, 9.17) is 5.11 Å². The summed E-state index contributed by atoms with van der Waals surface area (Å²) in [6, 6.07) is 7.88. The van der Waals surface area contributed by atoms with Crippen LogP contribution in [0.25, 0.3) is 0 Å². The molecule has 0 radical (unpaired) electrons. The zero-order chi connectivity index (χ0) is 14.3. The number of rotatable bonds is 7. The standard InChI is InChI=1S/C14H20BrNO2S/c1-3-14(2,8-9-17)16-13(18)10-19-12-6-4-11(15)5-7-12/h4-7,17H,3,8-10H2,1-2H3,(H,16,18). The van der Waals surface area contributed by atoms with Crippen LogP contribution in [0.3, 0.4) is 0 Å². The van der Waals surface area contributed by atoms with Crippen molar-refractivity contribution >= 4 is 33.6 Å². The number of aliphatic hydroxyl groups is 1. The average molecular weight is 346 g/mol. The lowest BCUT2D eigenvalue weighted by Gasteiger charge is -2.28. The Kier molecular flexibility index (Phi) is 6.89. The first kappa shape index (κ1) is 16.5. The molecule has 0 heterocycles. The lowest BCUT2D eigenvalue weighted by atomic mass is 9.95. The number of hydrogen-bond donors (Lipinski definition) is 2. The van der Waals surface area contributed by atoms with Crippen LogP contribution in [0, 0.1) is 0 Å². The Morgan fingerprint density at radius 1 is 1.42 bits per heavy atom. The Bertz CT molecular complexity index is 410. The number of carbonyl (C=O) groups is 1. The average Bonchev–Trinajstić information content (AvgIpc) is 2.38. The molecule has 0 aliphatic heterocycles. The predicted molar refractivity (Wildman–Crippen MR) is 83.4 cm³/mol. The Morgan fingerprint density at radius 3 is 2.58 bits per heavy atom. The van der Waals surface area contributed by atoms with Crippen molar-refractivity contribution < 1.29 is 9.90 Å². The first-order chi connectivity index (χ1) is 8.99. The minimum absolute atomic E-state index is 0.00530. The molecular weight excluding hydrogens is 326 g/mol. The zero-order valence-corrected chi connectivity index (χ0v) is 13.7. The van der Waals surface area contributed by atoms with E-state index in [1.54, 1.807) is 0 Å². The predicted octanol–water partition coefficient (Wildman–Crippen LogP) is 3.21. The van der Waals surface area contributed by atoms with E-state index in [0.29, 0.717) is 12.2 Å². The van der Waals surface area contributed by atoms with E-state index >= 15 is 0 Å². The van der Waals surface area contributed by atoms with Crippen LogP contribution in [0.2, 0.25) is 0 Å². The van der Waals surface area contributed by atoms with Gasteiger partial charge in [-0.3, -0.25) is 4.79 Å². The number of benzene rings is 1. The smallest absolute Gasteiger partial charge is 0.230 e. The third-order valence-electron chi connectivity index (χ3n) is 3.07. The Balaban J connectivity index is 2.45. The quantitative estimate of drug-likeness (QED) is 0.746. The van der Waals surface area contributed by atoms with Crippen molar-refractivity contribution in [3.05, 3.63) is 28.7 Å². The summed E-state index contributed by atoms with van der Waals surface area (Å²) >= 11 is 4.89. The third-order valence-corrected chi connectivity index (χ3v) is 4.61. The van der Waals surface area contributed by atoms with Crippen LogP contribution in [-0.4, -0.2) is 28.9 Å². The van der Waals surface area contributed by atoms with Gasteiger partial charge in [0.25, 0.3) is 0 Å². The topological polar surface area (TPSA) is 49.3 Å². The van der Waals surface area contributed by atoms with E-state index in [-0.39, 0.29) is 18.1 Å². The van der Waals surface area contributed by atoms with Crippen molar-refractivity contribution in [1.29, 1.82) is 0 Å². The molecule has 0 saturated heterocycles. The molecule has 1 unspecified atom stereocenters. The number of hydrogen-bond acceptors (Lipinski definition) is 3. The largest absolute Gasteiger partial charge is 0.396 e. The lowest BCUT2D eigenvalue weighted by molar-refractivity contribution is -0.120. The maximum absolute atomic E-state index is 11.9. The van der Waals surface area contributed by atoms with Gasteiger partial charge >= 0.3 is 0 Å². The zero-order valence-electron chi connectivity index (χ0n) is 11.3. The van der Waals surface area contributed by atoms with Gasteiger partial charge in [-0.05, 0) is 44.0 Å². The minimum atomic E-state index is -0.313. The molecule has 1 aromatic rings. The number of amides is 1. The summed E-state index contributed by atoms with van der Waals surface area (Å²) in [6.07, 6.45) is 1.39. The molecular formula is C14H20BrNO2S. The molecule has 19 heavy (non-hydrogen) atoms. The normalized spacial score (nSPS) is 13.9. The molecule has 0 bridgehead atoms. The van der Waals surface area contributed by atoms with Crippen LogP contribution in [0.15, 0.2) is 33.6 Å². The van der Waals surface area contributed by atoms with Gasteiger partial charge in [0.1, 0.15) is 0 Å². The van der Waals surface area contributed by atoms with Crippen LogP contribution in [0.1, 0.15) is 26.7 Å². The highest BCUT2D eigenvalue weighted by Crippen LogP contribution is 2.21. The molecule has 5 heteroatoms. The highest BCUT2D eigenvalue weighted by molar-refractivity contribution is 9.10. The summed E-state index contributed by atoms with van der Waals surface area (Å²) < 4.78 is 1.03. The summed E-state index contributed by atoms with van der Waals surface area (Å²) in [5.74, 6) is 0.397. The monoisotopic (exact) mass is 345 g/mol. The molecule has 0 aliphatic carbocycles. The maximum Gasteiger partial charge on any atom is 0.230 e. The molecule has 0 fully saturated rings. The van der Waals surface area contributed by atoms with E-state index in [0.717, 1.165) is 15.8 Å². The minimum Gasteiger partial charge on any atom is -0.396 e. The Labute approximate surface area is 127 Å². The summed E-state index contributed by atoms with van der Waals surface area (Å²) in [6.45, 7) is 4.06. The first-order valence-corrected chi connectivity index (χ1v) is 8.07. The molecule has 0 spiro atoms. The third kappa shape index (κ3) is 5.97. The molecule has 1 aromatic carbocycles. The second kappa shape index (κ2) is 7.92. The van der Waals surface area contributed by atoms with E-state index in [1.165, 1.54) is 11.8 Å². The van der Waals surface area contributed by atoms with E-state index in [2.05, 4.69) is 21.2 Å². The molecule has 0 aliphatic rings. The van der Waals surface area contributed by atoms with Crippen molar-refractivity contribution in [2.75, 3.05) is 12.4 Å². The number of carbonyl (C=O) groups excluding carboxylic acids is 1. The highest BCUT2D eigenvalue weighted by atomic mass is 79.9. The van der Waals surface area contributed by atoms with Gasteiger partial charge in [-0.1, -0.05) is 22.9 Å². The number of thioether (sulfide) groups is 1. The van der Waals surface area contributed by atoms with Crippen LogP contribution < -0.4 is 5.32 Å². The van der Waals surface area contributed by atoms with Crippen molar-refractivity contribution in [1.82, 2.24) is 5.32 Å². The number of nitrogens with one attached hydrogen (secondary N) is 1. The number of aliphatic hydroxyl groups excluding tert-OH is 1. The Morgan fingerprint density at radius 2 is 2.05 bits per heavy atom. The van der Waals surface area contributed by atoms with Crippen molar-refractivity contribution in [3.63, 3.8) is 0 Å². The maximum atomic E-state index is 11.9. The van der Waals surface area contributed by atoms with Gasteiger partial charge in [-0.15, -0.1) is 11.8 Å². The Hall–Kier alpha value is -0.520. The van der Waals surface area contributed by atoms with E-state index in [1.807, 2.05) is 38.1 Å². The molecule has 2 N–H and O–H groups in total. The molecule has 0 aromatic heterocycles. The number of halogens is 1. The summed E-state index contributed by atoms with van der Waals surface area (Å²) in [5.41, 5.74) is -0.313. The molecule has 0 saturated carbocycles. The van der Waals surface area contributed by atoms with Crippen LogP contribution in [-0.2, 0) is 4.79 Å². The molecule has 1 atom stereocenters. The summed E-state index contributed by atoms with van der Waals surface area (Å²) in [7, 11) is 0. The fraction of sp³-hybridized carbons (Fsp3) is 0.500. The molecule has 1 amide bonds. The van der Waals surface area contributed by atoms with Crippen molar-refractivity contribution in [2.45, 2.75) is 37.1 Å². The van der Waals surface area contributed by atoms with Gasteiger partial charge in [-0.2, -0.15) is 0 Å². The second-order valence-electron chi connectivity index (χ2n) is 4.68. The molecule has 3 nitrogen and oxygen atoms in total. The van der Waals surface area contributed by atoms with Gasteiger partial charge in [0.2, 0.25) is 5.91 Å². The fourth-order valence-corrected chi connectivity index (χ4v) is 2.59. The van der Waals surface area contributed by atoms with Gasteiger partial charge in [0, 0.05) is 21.5 Å². The van der Waals surface area contributed by atoms with Crippen LogP contribution in [0.4, 0.5) is 0 Å². The second-order valence-corrected chi connectivity index (χ2v) is 6.64. The molecule has 106 valence electrons. The first-order valence-electron chi connectivity index (χ1n) is 6.29. The highest BCUT2D eigenvalue weighted by Gasteiger charge is 2.23. The molecule has 1 rings (SSSR count). The summed E-state index contributed by atoms with van der Waals surface area (Å²) in [5, 5.41) is 12.0. The van der Waals surface area contributed by atoms with Crippen molar-refractivity contribution in [3.8, 4) is 0 Å². The fourth-order valence-electron chi connectivity index (χ4n) is 1.63. The summed E-state index contributed by atoms with van der Waals surface area (Å²) in [4.78, 5) is 13.0. The van der Waals surface area contributed by atoms with E-state index < -0.39 is 0 Å². The van der Waals surface area contributed by atoms with Gasteiger partial charge in [-0.25, -0.2) is 0 Å². The van der Waals surface area contributed by atoms with Crippen LogP contribution in [0.5, 0.6) is 0 Å². The van der Waals surface area contributed by atoms with Crippen molar-refractivity contribution in [2.24, 2.45) is 0 Å². The SMILES string of the molecule is CCC(C)(CCO)NC(=O)CSc1ccc(Br)cc1. The van der Waals surface area contributed by atoms with E-state index in [9.17, 15) is 4.79 Å². The lowest BCUT2D eigenvalue weighted by Crippen LogP contribution is -2.46. The van der Waals surface area contributed by atoms with Gasteiger partial charge < -0.3 is 10.4 Å².